The highest BCUT2D eigenvalue weighted by molar-refractivity contribution is 7.92. The van der Waals surface area contributed by atoms with E-state index in [1.54, 1.807) is 0 Å². The molecule has 102 valence electrons. The summed E-state index contributed by atoms with van der Waals surface area (Å²) in [5.74, 6) is -0.516. The number of carbonyl (C=O) groups is 1. The van der Waals surface area contributed by atoms with Crippen LogP contribution in [0.25, 0.3) is 0 Å². The molecule has 0 aliphatic heterocycles. The third kappa shape index (κ3) is 4.06. The SMILES string of the molecule is COC(=O)CCCS(=O)(=O)Nn1c(C)ccc1C. The van der Waals surface area contributed by atoms with Crippen LogP contribution in [0.5, 0.6) is 0 Å². The number of nitrogens with one attached hydrogen (secondary N) is 1. The van der Waals surface area contributed by atoms with Crippen molar-refractivity contribution >= 4 is 16.0 Å². The Morgan fingerprint density at radius 1 is 1.33 bits per heavy atom. The van der Waals surface area contributed by atoms with Gasteiger partial charge in [0.1, 0.15) is 0 Å². The van der Waals surface area contributed by atoms with Crippen molar-refractivity contribution in [2.75, 3.05) is 17.7 Å². The number of carbonyl (C=O) groups excluding carboxylic acids is 1. The number of aromatic nitrogens is 1. The topological polar surface area (TPSA) is 77.4 Å². The highest BCUT2D eigenvalue weighted by atomic mass is 32.2. The highest BCUT2D eigenvalue weighted by Gasteiger charge is 2.13. The molecular formula is C11H18N2O4S. The number of hydrogen-bond donors (Lipinski definition) is 1. The third-order valence-corrected chi connectivity index (χ3v) is 3.81. The minimum atomic E-state index is -3.45. The molecule has 0 unspecified atom stereocenters. The summed E-state index contributed by atoms with van der Waals surface area (Å²) >= 11 is 0. The van der Waals surface area contributed by atoms with E-state index in [9.17, 15) is 13.2 Å². The van der Waals surface area contributed by atoms with Gasteiger partial charge in [-0.15, -0.1) is 0 Å². The molecule has 7 heteroatoms. The largest absolute Gasteiger partial charge is 0.469 e. The van der Waals surface area contributed by atoms with Gasteiger partial charge < -0.3 is 4.74 Å². The summed E-state index contributed by atoms with van der Waals surface area (Å²) in [6.07, 6.45) is 0.336. The molecular weight excluding hydrogens is 256 g/mol. The van der Waals surface area contributed by atoms with Crippen LogP contribution in [-0.2, 0) is 19.6 Å². The third-order valence-electron chi connectivity index (χ3n) is 2.52. The lowest BCUT2D eigenvalue weighted by molar-refractivity contribution is -0.140. The normalized spacial score (nSPS) is 11.3. The van der Waals surface area contributed by atoms with E-state index in [-0.39, 0.29) is 18.6 Å². The Labute approximate surface area is 107 Å². The fourth-order valence-electron chi connectivity index (χ4n) is 1.51. The van der Waals surface area contributed by atoms with Crippen molar-refractivity contribution in [2.24, 2.45) is 0 Å². The van der Waals surface area contributed by atoms with Gasteiger partial charge in [0.25, 0.3) is 0 Å². The van der Waals surface area contributed by atoms with Crippen molar-refractivity contribution in [1.82, 2.24) is 4.68 Å². The summed E-state index contributed by atoms with van der Waals surface area (Å²) < 4.78 is 29.5. The van der Waals surface area contributed by atoms with Crippen LogP contribution in [0.3, 0.4) is 0 Å². The summed E-state index contributed by atoms with van der Waals surface area (Å²) in [6, 6.07) is 3.65. The zero-order valence-electron chi connectivity index (χ0n) is 10.8. The molecule has 0 aliphatic carbocycles. The molecule has 0 radical (unpaired) electrons. The molecule has 0 atom stereocenters. The number of ether oxygens (including phenoxy) is 1. The second-order valence-corrected chi connectivity index (χ2v) is 5.86. The van der Waals surface area contributed by atoms with E-state index in [4.69, 9.17) is 0 Å². The lowest BCUT2D eigenvalue weighted by Gasteiger charge is -2.12. The molecule has 0 amide bonds. The Morgan fingerprint density at radius 2 is 1.89 bits per heavy atom. The fraction of sp³-hybridized carbons (Fsp3) is 0.545. The van der Waals surface area contributed by atoms with Crippen LogP contribution < -0.4 is 4.83 Å². The van der Waals surface area contributed by atoms with E-state index < -0.39 is 16.0 Å². The quantitative estimate of drug-likeness (QED) is 0.783. The number of rotatable bonds is 6. The Bertz CT molecular complexity index is 500. The van der Waals surface area contributed by atoms with Crippen molar-refractivity contribution in [3.8, 4) is 0 Å². The monoisotopic (exact) mass is 274 g/mol. The van der Waals surface area contributed by atoms with Crippen LogP contribution in [0.4, 0.5) is 0 Å². The van der Waals surface area contributed by atoms with Crippen LogP contribution in [0.1, 0.15) is 24.2 Å². The minimum Gasteiger partial charge on any atom is -0.469 e. The van der Waals surface area contributed by atoms with Crippen LogP contribution in [0.15, 0.2) is 12.1 Å². The summed E-state index contributed by atoms with van der Waals surface area (Å²) in [5.41, 5.74) is 1.62. The maximum atomic E-state index is 11.8. The van der Waals surface area contributed by atoms with Gasteiger partial charge in [0.05, 0.1) is 12.9 Å². The first-order valence-electron chi connectivity index (χ1n) is 5.58. The van der Waals surface area contributed by atoms with Gasteiger partial charge in [-0.2, -0.15) is 0 Å². The first kappa shape index (κ1) is 14.6. The standard InChI is InChI=1S/C11H18N2O4S/c1-9-6-7-10(2)13(9)12-18(15,16)8-4-5-11(14)17-3/h6-7,12H,4-5,8H2,1-3H3. The van der Waals surface area contributed by atoms with Crippen LogP contribution in [0, 0.1) is 13.8 Å². The maximum absolute atomic E-state index is 11.8. The molecule has 0 bridgehead atoms. The number of aryl methyl sites for hydroxylation is 2. The van der Waals surface area contributed by atoms with E-state index in [1.807, 2.05) is 26.0 Å². The van der Waals surface area contributed by atoms with E-state index in [0.29, 0.717) is 0 Å². The van der Waals surface area contributed by atoms with Gasteiger partial charge in [-0.3, -0.25) is 9.47 Å². The smallest absolute Gasteiger partial charge is 0.305 e. The molecule has 0 spiro atoms. The van der Waals surface area contributed by atoms with E-state index in [0.717, 1.165) is 11.4 Å². The zero-order valence-corrected chi connectivity index (χ0v) is 11.6. The molecule has 0 fully saturated rings. The van der Waals surface area contributed by atoms with Crippen molar-refractivity contribution in [3.63, 3.8) is 0 Å². The van der Waals surface area contributed by atoms with Gasteiger partial charge in [0.2, 0.25) is 10.0 Å². The lowest BCUT2D eigenvalue weighted by Crippen LogP contribution is -2.27. The molecule has 0 saturated heterocycles. The van der Waals surface area contributed by atoms with Gasteiger partial charge in [0, 0.05) is 17.8 Å². The summed E-state index contributed by atoms with van der Waals surface area (Å²) in [5, 5.41) is 0. The molecule has 0 aliphatic rings. The Hall–Kier alpha value is -1.50. The number of esters is 1. The zero-order chi connectivity index (χ0) is 13.8. The van der Waals surface area contributed by atoms with Crippen molar-refractivity contribution in [1.29, 1.82) is 0 Å². The van der Waals surface area contributed by atoms with Crippen molar-refractivity contribution in [2.45, 2.75) is 26.7 Å². The van der Waals surface area contributed by atoms with Gasteiger partial charge in [-0.1, -0.05) is 0 Å². The van der Waals surface area contributed by atoms with E-state index in [1.165, 1.54) is 11.8 Å². The van der Waals surface area contributed by atoms with E-state index >= 15 is 0 Å². The van der Waals surface area contributed by atoms with Crippen molar-refractivity contribution < 1.29 is 17.9 Å². The first-order valence-corrected chi connectivity index (χ1v) is 7.23. The average Bonchev–Trinajstić information content (AvgIpc) is 2.60. The molecule has 1 aromatic heterocycles. The number of nitrogens with zero attached hydrogens (tertiary/aromatic N) is 1. The van der Waals surface area contributed by atoms with Gasteiger partial charge in [0.15, 0.2) is 0 Å². The Balaban J connectivity index is 2.58. The lowest BCUT2D eigenvalue weighted by atomic mass is 10.3. The van der Waals surface area contributed by atoms with Crippen LogP contribution in [0.2, 0.25) is 0 Å². The second-order valence-electron chi connectivity index (χ2n) is 4.04. The summed E-state index contributed by atoms with van der Waals surface area (Å²) in [4.78, 5) is 13.3. The van der Waals surface area contributed by atoms with Gasteiger partial charge in [-0.25, -0.2) is 13.2 Å². The predicted molar refractivity (Wildman–Crippen MR) is 68.3 cm³/mol. The predicted octanol–water partition coefficient (Wildman–Crippen LogP) is 0.931. The van der Waals surface area contributed by atoms with Gasteiger partial charge in [-0.05, 0) is 32.4 Å². The molecule has 0 aromatic carbocycles. The molecule has 6 nitrogen and oxygen atoms in total. The Kier molecular flexibility index (Phi) is 4.77. The molecule has 0 saturated carbocycles. The molecule has 1 N–H and O–H groups in total. The van der Waals surface area contributed by atoms with Crippen LogP contribution >= 0.6 is 0 Å². The van der Waals surface area contributed by atoms with Crippen LogP contribution in [-0.4, -0.2) is 31.9 Å². The highest BCUT2D eigenvalue weighted by Crippen LogP contribution is 2.06. The molecule has 1 heterocycles. The molecule has 1 aromatic rings. The summed E-state index contributed by atoms with van der Waals surface area (Å²) in [7, 11) is -2.17. The first-order chi connectivity index (χ1) is 8.35. The average molecular weight is 274 g/mol. The number of sulfonamides is 1. The van der Waals surface area contributed by atoms with Gasteiger partial charge >= 0.3 is 5.97 Å². The maximum Gasteiger partial charge on any atom is 0.305 e. The fourth-order valence-corrected chi connectivity index (χ4v) is 2.69. The number of hydrogen-bond acceptors (Lipinski definition) is 4. The number of methoxy groups -OCH3 is 1. The summed E-state index contributed by atoms with van der Waals surface area (Å²) in [6.45, 7) is 3.62. The van der Waals surface area contributed by atoms with Crippen molar-refractivity contribution in [3.05, 3.63) is 23.5 Å². The minimum absolute atomic E-state index is 0.0983. The molecule has 1 rings (SSSR count). The molecule has 18 heavy (non-hydrogen) atoms. The van der Waals surface area contributed by atoms with E-state index in [2.05, 4.69) is 9.57 Å². The second kappa shape index (κ2) is 5.90. The Morgan fingerprint density at radius 3 is 2.39 bits per heavy atom.